The van der Waals surface area contributed by atoms with Crippen molar-refractivity contribution in [2.45, 2.75) is 32.1 Å². The zero-order valence-corrected chi connectivity index (χ0v) is 16.5. The third kappa shape index (κ3) is 4.67. The number of nitro benzene ring substituents is 1. The number of benzene rings is 2. The number of anilines is 1. The van der Waals surface area contributed by atoms with Crippen LogP contribution in [-0.4, -0.2) is 36.1 Å². The summed E-state index contributed by atoms with van der Waals surface area (Å²) in [5, 5.41) is 14.0. The molecule has 28 heavy (non-hydrogen) atoms. The molecule has 0 bridgehead atoms. The molecule has 1 amide bonds. The van der Waals surface area contributed by atoms with Crippen LogP contribution >= 0.6 is 11.6 Å². The Morgan fingerprint density at radius 2 is 1.86 bits per heavy atom. The maximum atomic E-state index is 13.2. The Bertz CT molecular complexity index is 852. The Morgan fingerprint density at radius 3 is 2.46 bits per heavy atom. The molecule has 0 saturated carbocycles. The van der Waals surface area contributed by atoms with E-state index in [2.05, 4.69) is 5.32 Å². The molecule has 0 aliphatic carbocycles. The number of carbonyl (C=O) groups is 1. The molecule has 1 heterocycles. The summed E-state index contributed by atoms with van der Waals surface area (Å²) in [5.74, 6) is -0.223. The lowest BCUT2D eigenvalue weighted by molar-refractivity contribution is -0.936. The van der Waals surface area contributed by atoms with E-state index >= 15 is 0 Å². The van der Waals surface area contributed by atoms with E-state index in [1.807, 2.05) is 44.2 Å². The number of ether oxygens (including phenoxy) is 1. The van der Waals surface area contributed by atoms with Gasteiger partial charge in [-0.25, -0.2) is 0 Å². The third-order valence-corrected chi connectivity index (χ3v) is 5.10. The van der Waals surface area contributed by atoms with Crippen LogP contribution in [0.2, 0.25) is 5.02 Å². The predicted molar refractivity (Wildman–Crippen MR) is 107 cm³/mol. The normalized spacial score (nSPS) is 23.0. The van der Waals surface area contributed by atoms with Gasteiger partial charge in [0.25, 0.3) is 11.6 Å². The zero-order valence-electron chi connectivity index (χ0n) is 15.7. The average molecular weight is 405 g/mol. The van der Waals surface area contributed by atoms with Gasteiger partial charge in [0, 0.05) is 17.3 Å². The topological polar surface area (TPSA) is 85.9 Å². The average Bonchev–Trinajstić information content (AvgIpc) is 2.63. The van der Waals surface area contributed by atoms with E-state index in [9.17, 15) is 14.9 Å². The molecular weight excluding hydrogens is 382 g/mol. The van der Waals surface area contributed by atoms with Crippen LogP contribution in [0.4, 0.5) is 11.4 Å². The van der Waals surface area contributed by atoms with Crippen LogP contribution in [-0.2, 0) is 9.53 Å². The smallest absolute Gasteiger partial charge is 0.289 e. The van der Waals surface area contributed by atoms with Gasteiger partial charge < -0.3 is 15.0 Å². The number of quaternary nitrogens is 1. The van der Waals surface area contributed by atoms with Crippen LogP contribution in [0.15, 0.2) is 48.5 Å². The van der Waals surface area contributed by atoms with Crippen molar-refractivity contribution < 1.29 is 19.4 Å². The number of morpholine rings is 1. The summed E-state index contributed by atoms with van der Waals surface area (Å²) in [4.78, 5) is 24.9. The number of hydrogen-bond acceptors (Lipinski definition) is 4. The largest absolute Gasteiger partial charge is 0.364 e. The fraction of sp³-hybridized carbons (Fsp3) is 0.350. The highest BCUT2D eigenvalue weighted by molar-refractivity contribution is 6.32. The molecular formula is C20H23ClN3O4+. The third-order valence-electron chi connectivity index (χ3n) is 4.78. The number of amides is 1. The maximum Gasteiger partial charge on any atom is 0.289 e. The van der Waals surface area contributed by atoms with Gasteiger partial charge in [-0.1, -0.05) is 41.9 Å². The number of nitro groups is 1. The van der Waals surface area contributed by atoms with Crippen molar-refractivity contribution >= 4 is 28.9 Å². The summed E-state index contributed by atoms with van der Waals surface area (Å²) < 4.78 is 5.81. The molecule has 1 fully saturated rings. The van der Waals surface area contributed by atoms with Gasteiger partial charge in [-0.3, -0.25) is 14.9 Å². The second-order valence-electron chi connectivity index (χ2n) is 7.08. The Hall–Kier alpha value is -2.48. The van der Waals surface area contributed by atoms with E-state index < -0.39 is 11.0 Å². The summed E-state index contributed by atoms with van der Waals surface area (Å²) in [6, 6.07) is 13.4. The summed E-state index contributed by atoms with van der Waals surface area (Å²) in [6.45, 7) is 5.38. The van der Waals surface area contributed by atoms with Crippen LogP contribution in [0.5, 0.6) is 0 Å². The predicted octanol–water partition coefficient (Wildman–Crippen LogP) is 2.62. The van der Waals surface area contributed by atoms with Crippen LogP contribution in [0, 0.1) is 10.1 Å². The molecule has 2 aromatic carbocycles. The molecule has 3 atom stereocenters. The van der Waals surface area contributed by atoms with E-state index in [1.54, 1.807) is 6.07 Å². The summed E-state index contributed by atoms with van der Waals surface area (Å²) in [6.07, 6.45) is 0.0729. The number of nitrogens with zero attached hydrogens (tertiary/aromatic N) is 1. The molecule has 1 saturated heterocycles. The van der Waals surface area contributed by atoms with E-state index in [4.69, 9.17) is 16.3 Å². The van der Waals surface area contributed by atoms with Gasteiger partial charge in [-0.15, -0.1) is 0 Å². The number of hydrogen-bond donors (Lipinski definition) is 2. The molecule has 2 aromatic rings. The molecule has 148 valence electrons. The quantitative estimate of drug-likeness (QED) is 0.592. The Labute approximate surface area is 168 Å². The van der Waals surface area contributed by atoms with Crippen molar-refractivity contribution in [3.05, 3.63) is 69.2 Å². The van der Waals surface area contributed by atoms with Crippen molar-refractivity contribution in [2.24, 2.45) is 0 Å². The van der Waals surface area contributed by atoms with Crippen molar-refractivity contribution in [3.8, 4) is 0 Å². The second kappa shape index (κ2) is 8.68. The monoisotopic (exact) mass is 404 g/mol. The number of carbonyl (C=O) groups excluding carboxylic acids is 1. The molecule has 2 N–H and O–H groups in total. The molecule has 3 rings (SSSR count). The number of nitrogens with one attached hydrogen (secondary N) is 2. The maximum absolute atomic E-state index is 13.2. The molecule has 0 radical (unpaired) electrons. The van der Waals surface area contributed by atoms with E-state index in [0.717, 1.165) is 10.5 Å². The van der Waals surface area contributed by atoms with Gasteiger partial charge in [0.05, 0.1) is 4.92 Å². The highest BCUT2D eigenvalue weighted by atomic mass is 35.5. The fourth-order valence-corrected chi connectivity index (χ4v) is 3.90. The highest BCUT2D eigenvalue weighted by Crippen LogP contribution is 2.28. The van der Waals surface area contributed by atoms with Crippen molar-refractivity contribution in [2.75, 3.05) is 18.4 Å². The Kier molecular flexibility index (Phi) is 6.28. The minimum atomic E-state index is -0.566. The highest BCUT2D eigenvalue weighted by Gasteiger charge is 2.37. The first kappa shape index (κ1) is 20.3. The lowest BCUT2D eigenvalue weighted by Gasteiger charge is -2.36. The number of halogens is 1. The van der Waals surface area contributed by atoms with Gasteiger partial charge in [0.1, 0.15) is 30.3 Å². The van der Waals surface area contributed by atoms with Crippen molar-refractivity contribution in [3.63, 3.8) is 0 Å². The lowest BCUT2D eigenvalue weighted by atomic mass is 10.0. The Balaban J connectivity index is 1.89. The molecule has 8 heteroatoms. The van der Waals surface area contributed by atoms with Gasteiger partial charge >= 0.3 is 0 Å². The number of rotatable bonds is 5. The van der Waals surface area contributed by atoms with E-state index in [0.29, 0.717) is 18.8 Å². The molecule has 1 aliphatic rings. The van der Waals surface area contributed by atoms with Crippen LogP contribution < -0.4 is 10.2 Å². The van der Waals surface area contributed by atoms with Gasteiger partial charge in [-0.2, -0.15) is 0 Å². The summed E-state index contributed by atoms with van der Waals surface area (Å²) >= 11 is 5.87. The zero-order chi connectivity index (χ0) is 20.3. The first-order chi connectivity index (χ1) is 13.3. The molecule has 0 aromatic heterocycles. The SMILES string of the molecule is C[C@H]1C[NH+]([C@H](C(=O)Nc2ccc(Cl)c([N+](=O)[O-])c2)c2ccccc2)C[C@H](C)O1. The van der Waals surface area contributed by atoms with Gasteiger partial charge in [-0.05, 0) is 26.0 Å². The van der Waals surface area contributed by atoms with Crippen LogP contribution in [0.25, 0.3) is 0 Å². The van der Waals surface area contributed by atoms with Crippen molar-refractivity contribution in [1.29, 1.82) is 0 Å². The minimum absolute atomic E-state index is 0.0315. The first-order valence-corrected chi connectivity index (χ1v) is 9.52. The van der Waals surface area contributed by atoms with Crippen LogP contribution in [0.1, 0.15) is 25.5 Å². The molecule has 0 unspecified atom stereocenters. The first-order valence-electron chi connectivity index (χ1n) is 9.15. The minimum Gasteiger partial charge on any atom is -0.364 e. The summed E-state index contributed by atoms with van der Waals surface area (Å²) in [7, 11) is 0. The standard InChI is InChI=1S/C20H22ClN3O4/c1-13-11-23(12-14(2)28-13)19(15-6-4-3-5-7-15)20(25)22-16-8-9-17(21)18(10-16)24(26)27/h3-10,13-14,19H,11-12H2,1-2H3,(H,22,25)/p+1/t13-,14-,19-/m0/s1. The molecule has 1 aliphatic heterocycles. The lowest BCUT2D eigenvalue weighted by Crippen LogP contribution is -3.16. The van der Waals surface area contributed by atoms with E-state index in [1.165, 1.54) is 12.1 Å². The van der Waals surface area contributed by atoms with Crippen molar-refractivity contribution in [1.82, 2.24) is 0 Å². The van der Waals surface area contributed by atoms with E-state index in [-0.39, 0.29) is 28.8 Å². The molecule has 0 spiro atoms. The Morgan fingerprint density at radius 1 is 1.21 bits per heavy atom. The van der Waals surface area contributed by atoms with Gasteiger partial charge in [0.2, 0.25) is 0 Å². The van der Waals surface area contributed by atoms with Gasteiger partial charge in [0.15, 0.2) is 6.04 Å². The molecule has 7 nitrogen and oxygen atoms in total. The van der Waals surface area contributed by atoms with Crippen LogP contribution in [0.3, 0.4) is 0 Å². The summed E-state index contributed by atoms with van der Waals surface area (Å²) in [5.41, 5.74) is 0.993. The second-order valence-corrected chi connectivity index (χ2v) is 7.49. The fourth-order valence-electron chi connectivity index (χ4n) is 3.71.